The summed E-state index contributed by atoms with van der Waals surface area (Å²) in [6, 6.07) is 7.86. The van der Waals surface area contributed by atoms with Crippen molar-refractivity contribution in [1.29, 1.82) is 0 Å². The first-order chi connectivity index (χ1) is 8.17. The summed E-state index contributed by atoms with van der Waals surface area (Å²) in [6.45, 7) is 3.50. The molecule has 17 heavy (non-hydrogen) atoms. The van der Waals surface area contributed by atoms with Crippen LogP contribution >= 0.6 is 0 Å². The molecule has 2 N–H and O–H groups in total. The van der Waals surface area contributed by atoms with Gasteiger partial charge in [0.25, 0.3) is 0 Å². The second-order valence-corrected chi connectivity index (χ2v) is 4.36. The van der Waals surface area contributed by atoms with Gasteiger partial charge in [0.15, 0.2) is 0 Å². The fourth-order valence-electron chi connectivity index (χ4n) is 1.65. The van der Waals surface area contributed by atoms with Crippen LogP contribution in [-0.4, -0.2) is 35.6 Å². The summed E-state index contributed by atoms with van der Waals surface area (Å²) in [7, 11) is 4.17. The quantitative estimate of drug-likeness (QED) is 0.857. The lowest BCUT2D eigenvalue weighted by atomic mass is 10.2. The van der Waals surface area contributed by atoms with Gasteiger partial charge in [0.2, 0.25) is 0 Å². The van der Waals surface area contributed by atoms with Gasteiger partial charge in [-0.25, -0.2) is 0 Å². The van der Waals surface area contributed by atoms with Crippen LogP contribution in [0.15, 0.2) is 30.5 Å². The molecule has 0 bridgehead atoms. The number of aromatic amines is 1. The zero-order chi connectivity index (χ0) is 12.7. The van der Waals surface area contributed by atoms with Crippen molar-refractivity contribution in [3.05, 3.63) is 36.0 Å². The topological polar surface area (TPSA) is 39.3 Å². The smallest absolute Gasteiger partial charge is 0.0682 e. The lowest BCUT2D eigenvalue weighted by Gasteiger charge is -2.03. The molecule has 0 atom stereocenters. The number of benzene rings is 1. The lowest BCUT2D eigenvalue weighted by molar-refractivity contribution is 0.282. The molecule has 1 aromatic carbocycles. The number of aliphatic hydroxyl groups is 1. The van der Waals surface area contributed by atoms with Gasteiger partial charge >= 0.3 is 0 Å². The van der Waals surface area contributed by atoms with E-state index in [1.54, 1.807) is 0 Å². The molecule has 0 aliphatic carbocycles. The van der Waals surface area contributed by atoms with E-state index in [9.17, 15) is 0 Å². The number of hydrogen-bond acceptors (Lipinski definition) is 2. The monoisotopic (exact) mass is 234 g/mol. The highest BCUT2D eigenvalue weighted by molar-refractivity contribution is 5.79. The summed E-state index contributed by atoms with van der Waals surface area (Å²) in [4.78, 5) is 5.27. The Morgan fingerprint density at radius 3 is 2.53 bits per heavy atom. The Kier molecular flexibility index (Phi) is 5.73. The third kappa shape index (κ3) is 4.59. The standard InChI is InChI=1S/C9H9NO.C5H13N/c11-6-7-1-2-9-8(5-7)3-4-10-9;1-4-5-6(2)3/h1-5,10-11H,6H2;4-5H2,1-3H3. The second-order valence-electron chi connectivity index (χ2n) is 4.36. The molecule has 2 aromatic rings. The number of nitrogens with one attached hydrogen (secondary N) is 1. The summed E-state index contributed by atoms with van der Waals surface area (Å²) in [5.41, 5.74) is 2.07. The van der Waals surface area contributed by atoms with Crippen molar-refractivity contribution in [3.63, 3.8) is 0 Å². The van der Waals surface area contributed by atoms with Gasteiger partial charge in [-0.2, -0.15) is 0 Å². The second kappa shape index (κ2) is 7.09. The fraction of sp³-hybridized carbons (Fsp3) is 0.429. The molecule has 0 amide bonds. The maximum absolute atomic E-state index is 8.82. The molecule has 1 heterocycles. The molecule has 1 aromatic heterocycles. The number of hydrogen-bond donors (Lipinski definition) is 2. The third-order valence-corrected chi connectivity index (χ3v) is 2.47. The molecule has 0 aliphatic rings. The SMILES string of the molecule is CCCN(C)C.OCc1ccc2[nH]ccc2c1. The van der Waals surface area contributed by atoms with E-state index in [1.807, 2.05) is 30.5 Å². The molecular formula is C14H22N2O. The third-order valence-electron chi connectivity index (χ3n) is 2.47. The van der Waals surface area contributed by atoms with Gasteiger partial charge in [-0.05, 0) is 56.2 Å². The number of aromatic nitrogens is 1. The first-order valence-electron chi connectivity index (χ1n) is 5.99. The van der Waals surface area contributed by atoms with E-state index in [-0.39, 0.29) is 6.61 Å². The van der Waals surface area contributed by atoms with Gasteiger partial charge in [0, 0.05) is 11.7 Å². The van der Waals surface area contributed by atoms with Crippen molar-refractivity contribution < 1.29 is 5.11 Å². The Morgan fingerprint density at radius 2 is 2.00 bits per heavy atom. The molecule has 0 saturated heterocycles. The number of aliphatic hydroxyl groups excluding tert-OH is 1. The number of fused-ring (bicyclic) bond motifs is 1. The van der Waals surface area contributed by atoms with Crippen LogP contribution in [0.3, 0.4) is 0 Å². The van der Waals surface area contributed by atoms with Crippen LogP contribution in [0.1, 0.15) is 18.9 Å². The molecule has 0 aliphatic heterocycles. The Morgan fingerprint density at radius 1 is 1.24 bits per heavy atom. The average Bonchev–Trinajstić information content (AvgIpc) is 2.76. The number of nitrogens with zero attached hydrogens (tertiary/aromatic N) is 1. The minimum Gasteiger partial charge on any atom is -0.392 e. The first kappa shape index (κ1) is 13.7. The highest BCUT2D eigenvalue weighted by Crippen LogP contribution is 2.13. The van der Waals surface area contributed by atoms with Gasteiger partial charge < -0.3 is 15.0 Å². The highest BCUT2D eigenvalue weighted by Gasteiger charge is 1.94. The number of rotatable bonds is 3. The highest BCUT2D eigenvalue weighted by atomic mass is 16.3. The van der Waals surface area contributed by atoms with E-state index in [1.165, 1.54) is 13.0 Å². The summed E-state index contributed by atoms with van der Waals surface area (Å²) >= 11 is 0. The van der Waals surface area contributed by atoms with Crippen LogP contribution in [0.4, 0.5) is 0 Å². The van der Waals surface area contributed by atoms with E-state index in [2.05, 4.69) is 30.9 Å². The molecule has 94 valence electrons. The van der Waals surface area contributed by atoms with E-state index in [0.29, 0.717) is 0 Å². The van der Waals surface area contributed by atoms with E-state index >= 15 is 0 Å². The summed E-state index contributed by atoms with van der Waals surface area (Å²) in [6.07, 6.45) is 3.15. The maximum atomic E-state index is 8.82. The van der Waals surface area contributed by atoms with Gasteiger partial charge in [0.05, 0.1) is 6.61 Å². The molecule has 2 rings (SSSR count). The van der Waals surface area contributed by atoms with Gasteiger partial charge in [0.1, 0.15) is 0 Å². The largest absolute Gasteiger partial charge is 0.392 e. The minimum absolute atomic E-state index is 0.112. The average molecular weight is 234 g/mol. The molecular weight excluding hydrogens is 212 g/mol. The van der Waals surface area contributed by atoms with Crippen LogP contribution in [-0.2, 0) is 6.61 Å². The minimum atomic E-state index is 0.112. The van der Waals surface area contributed by atoms with Crippen molar-refractivity contribution in [2.75, 3.05) is 20.6 Å². The van der Waals surface area contributed by atoms with E-state index in [4.69, 9.17) is 5.11 Å². The molecule has 0 saturated carbocycles. The van der Waals surface area contributed by atoms with Crippen LogP contribution in [0.2, 0.25) is 0 Å². The van der Waals surface area contributed by atoms with E-state index < -0.39 is 0 Å². The molecule has 0 radical (unpaired) electrons. The first-order valence-corrected chi connectivity index (χ1v) is 5.99. The lowest BCUT2D eigenvalue weighted by Crippen LogP contribution is -2.11. The van der Waals surface area contributed by atoms with Gasteiger partial charge in [-0.1, -0.05) is 13.0 Å². The summed E-state index contributed by atoms with van der Waals surface area (Å²) in [5, 5.41) is 9.97. The van der Waals surface area contributed by atoms with Crippen LogP contribution in [0.5, 0.6) is 0 Å². The van der Waals surface area contributed by atoms with Gasteiger partial charge in [-0.3, -0.25) is 0 Å². The van der Waals surface area contributed by atoms with Crippen molar-refractivity contribution in [2.45, 2.75) is 20.0 Å². The van der Waals surface area contributed by atoms with Crippen molar-refractivity contribution >= 4 is 10.9 Å². The molecule has 0 spiro atoms. The van der Waals surface area contributed by atoms with Gasteiger partial charge in [-0.15, -0.1) is 0 Å². The van der Waals surface area contributed by atoms with E-state index in [0.717, 1.165) is 16.5 Å². The Labute approximate surface area is 103 Å². The Bertz CT molecular complexity index is 434. The molecule has 0 fully saturated rings. The molecule has 0 unspecified atom stereocenters. The fourth-order valence-corrected chi connectivity index (χ4v) is 1.65. The zero-order valence-corrected chi connectivity index (χ0v) is 10.9. The number of H-pyrrole nitrogens is 1. The predicted molar refractivity (Wildman–Crippen MR) is 73.1 cm³/mol. The Hall–Kier alpha value is -1.32. The summed E-state index contributed by atoms with van der Waals surface area (Å²) < 4.78 is 0. The van der Waals surface area contributed by atoms with Crippen LogP contribution in [0, 0.1) is 0 Å². The summed E-state index contributed by atoms with van der Waals surface area (Å²) in [5.74, 6) is 0. The van der Waals surface area contributed by atoms with Crippen LogP contribution < -0.4 is 0 Å². The maximum Gasteiger partial charge on any atom is 0.0682 e. The molecule has 3 heteroatoms. The van der Waals surface area contributed by atoms with Crippen molar-refractivity contribution in [3.8, 4) is 0 Å². The zero-order valence-electron chi connectivity index (χ0n) is 10.9. The van der Waals surface area contributed by atoms with Crippen molar-refractivity contribution in [2.24, 2.45) is 0 Å². The predicted octanol–water partition coefficient (Wildman–Crippen LogP) is 2.62. The normalized spacial score (nSPS) is 10.4. The van der Waals surface area contributed by atoms with Crippen molar-refractivity contribution in [1.82, 2.24) is 9.88 Å². The molecule has 3 nitrogen and oxygen atoms in total. The van der Waals surface area contributed by atoms with Crippen LogP contribution in [0.25, 0.3) is 10.9 Å². The Balaban J connectivity index is 0.000000209.